The maximum absolute atomic E-state index is 10.3. The third-order valence-electron chi connectivity index (χ3n) is 3.03. The largest absolute Gasteiger partial charge is 0.385 e. The topological polar surface area (TPSA) is 67.3 Å². The molecule has 0 aliphatic carbocycles. The Kier molecular flexibility index (Phi) is 3.07. The second-order valence-electron chi connectivity index (χ2n) is 4.34. The van der Waals surface area contributed by atoms with Gasteiger partial charge in [-0.15, -0.1) is 5.10 Å². The summed E-state index contributed by atoms with van der Waals surface area (Å²) in [5, 5.41) is 21.1. The summed E-state index contributed by atoms with van der Waals surface area (Å²) in [5.74, 6) is 0.688. The van der Waals surface area contributed by atoms with E-state index in [1.165, 1.54) is 0 Å². The first-order valence-electron chi connectivity index (χ1n) is 5.47. The minimum atomic E-state index is -0.800. The molecule has 5 heteroatoms. The standard InChI is InChI=1S/C11H17N3O2/c1-8-5-10(14-13-6-8)12-7-11(15)3-4-16-9(11)2/h5-6,9,15H,3-4,7H2,1-2H3,(H,12,14). The number of nitrogens with one attached hydrogen (secondary N) is 1. The highest BCUT2D eigenvalue weighted by atomic mass is 16.5. The van der Waals surface area contributed by atoms with Crippen LogP contribution in [0.4, 0.5) is 5.82 Å². The summed E-state index contributed by atoms with van der Waals surface area (Å²) in [5.41, 5.74) is 0.242. The van der Waals surface area contributed by atoms with Crippen LogP contribution in [0.25, 0.3) is 0 Å². The van der Waals surface area contributed by atoms with Crippen molar-refractivity contribution in [3.63, 3.8) is 0 Å². The smallest absolute Gasteiger partial charge is 0.149 e. The maximum atomic E-state index is 10.3. The quantitative estimate of drug-likeness (QED) is 0.791. The second-order valence-corrected chi connectivity index (χ2v) is 4.34. The molecule has 1 aromatic heterocycles. The van der Waals surface area contributed by atoms with E-state index in [4.69, 9.17) is 4.74 Å². The first-order valence-corrected chi connectivity index (χ1v) is 5.47. The average Bonchev–Trinajstić information content (AvgIpc) is 2.58. The van der Waals surface area contributed by atoms with E-state index in [0.29, 0.717) is 25.4 Å². The zero-order chi connectivity index (χ0) is 11.6. The van der Waals surface area contributed by atoms with Crippen LogP contribution in [0.1, 0.15) is 18.9 Å². The van der Waals surface area contributed by atoms with Gasteiger partial charge < -0.3 is 15.2 Å². The first kappa shape index (κ1) is 11.3. The van der Waals surface area contributed by atoms with Crippen molar-refractivity contribution in [1.29, 1.82) is 0 Å². The van der Waals surface area contributed by atoms with Gasteiger partial charge in [0, 0.05) is 19.6 Å². The van der Waals surface area contributed by atoms with Crippen molar-refractivity contribution in [1.82, 2.24) is 10.2 Å². The molecule has 0 aromatic carbocycles. The number of nitrogens with zero attached hydrogens (tertiary/aromatic N) is 2. The minimum absolute atomic E-state index is 0.141. The molecule has 2 rings (SSSR count). The third kappa shape index (κ3) is 2.31. The normalized spacial score (nSPS) is 29.3. The second kappa shape index (κ2) is 4.35. The molecule has 2 heterocycles. The van der Waals surface area contributed by atoms with Crippen molar-refractivity contribution in [3.8, 4) is 0 Å². The highest BCUT2D eigenvalue weighted by Gasteiger charge is 2.39. The number of hydrogen-bond donors (Lipinski definition) is 2. The van der Waals surface area contributed by atoms with Gasteiger partial charge in [-0.25, -0.2) is 0 Å². The van der Waals surface area contributed by atoms with Gasteiger partial charge >= 0.3 is 0 Å². The van der Waals surface area contributed by atoms with Gasteiger partial charge in [-0.2, -0.15) is 5.10 Å². The summed E-state index contributed by atoms with van der Waals surface area (Å²) < 4.78 is 5.35. The predicted molar refractivity (Wildman–Crippen MR) is 60.2 cm³/mol. The van der Waals surface area contributed by atoms with E-state index < -0.39 is 5.60 Å². The van der Waals surface area contributed by atoms with E-state index in [-0.39, 0.29) is 6.10 Å². The van der Waals surface area contributed by atoms with Crippen molar-refractivity contribution < 1.29 is 9.84 Å². The van der Waals surface area contributed by atoms with Crippen LogP contribution < -0.4 is 5.32 Å². The van der Waals surface area contributed by atoms with Crippen LogP contribution in [-0.4, -0.2) is 40.2 Å². The van der Waals surface area contributed by atoms with Crippen molar-refractivity contribution in [3.05, 3.63) is 17.8 Å². The van der Waals surface area contributed by atoms with Gasteiger partial charge in [-0.3, -0.25) is 0 Å². The molecule has 5 nitrogen and oxygen atoms in total. The van der Waals surface area contributed by atoms with Crippen LogP contribution in [0.3, 0.4) is 0 Å². The van der Waals surface area contributed by atoms with E-state index >= 15 is 0 Å². The fourth-order valence-electron chi connectivity index (χ4n) is 1.80. The summed E-state index contributed by atoms with van der Waals surface area (Å²) in [4.78, 5) is 0. The molecular formula is C11H17N3O2. The Morgan fingerprint density at radius 1 is 1.69 bits per heavy atom. The van der Waals surface area contributed by atoms with Gasteiger partial charge in [0.05, 0.1) is 12.3 Å². The SMILES string of the molecule is Cc1cnnc(NCC2(O)CCOC2C)c1. The maximum Gasteiger partial charge on any atom is 0.149 e. The van der Waals surface area contributed by atoms with Gasteiger partial charge in [0.1, 0.15) is 11.4 Å². The summed E-state index contributed by atoms with van der Waals surface area (Å²) in [6, 6.07) is 1.90. The Hall–Kier alpha value is -1.20. The average molecular weight is 223 g/mol. The van der Waals surface area contributed by atoms with Gasteiger partial charge in [0.25, 0.3) is 0 Å². The molecule has 2 N–H and O–H groups in total. The lowest BCUT2D eigenvalue weighted by Gasteiger charge is -2.26. The van der Waals surface area contributed by atoms with Crippen molar-refractivity contribution in [2.24, 2.45) is 0 Å². The molecule has 0 amide bonds. The van der Waals surface area contributed by atoms with Crippen LogP contribution in [0.5, 0.6) is 0 Å². The van der Waals surface area contributed by atoms with E-state index in [0.717, 1.165) is 5.56 Å². The molecule has 1 fully saturated rings. The van der Waals surface area contributed by atoms with Crippen molar-refractivity contribution >= 4 is 5.82 Å². The van der Waals surface area contributed by atoms with E-state index in [1.807, 2.05) is 19.9 Å². The Bertz CT molecular complexity index is 372. The molecule has 2 atom stereocenters. The monoisotopic (exact) mass is 223 g/mol. The lowest BCUT2D eigenvalue weighted by atomic mass is 9.97. The Morgan fingerprint density at radius 2 is 2.50 bits per heavy atom. The Labute approximate surface area is 94.8 Å². The number of aliphatic hydroxyl groups is 1. The fourth-order valence-corrected chi connectivity index (χ4v) is 1.80. The molecule has 1 saturated heterocycles. The number of aryl methyl sites for hydroxylation is 1. The molecule has 88 valence electrons. The lowest BCUT2D eigenvalue weighted by Crippen LogP contribution is -2.43. The lowest BCUT2D eigenvalue weighted by molar-refractivity contribution is -0.0176. The zero-order valence-electron chi connectivity index (χ0n) is 9.60. The molecule has 0 radical (unpaired) electrons. The molecule has 0 bridgehead atoms. The Morgan fingerprint density at radius 3 is 3.12 bits per heavy atom. The summed E-state index contributed by atoms with van der Waals surface area (Å²) in [6.45, 7) is 4.89. The molecule has 1 aromatic rings. The molecule has 0 saturated carbocycles. The van der Waals surface area contributed by atoms with Crippen LogP contribution >= 0.6 is 0 Å². The van der Waals surface area contributed by atoms with E-state index in [2.05, 4.69) is 15.5 Å². The highest BCUT2D eigenvalue weighted by Crippen LogP contribution is 2.25. The van der Waals surface area contributed by atoms with Crippen LogP contribution in [0, 0.1) is 6.92 Å². The fraction of sp³-hybridized carbons (Fsp3) is 0.636. The number of aromatic nitrogens is 2. The molecule has 1 aliphatic heterocycles. The van der Waals surface area contributed by atoms with Crippen LogP contribution in [0.2, 0.25) is 0 Å². The van der Waals surface area contributed by atoms with Crippen LogP contribution in [0.15, 0.2) is 12.3 Å². The summed E-state index contributed by atoms with van der Waals surface area (Å²) in [6.07, 6.45) is 2.21. The van der Waals surface area contributed by atoms with Gasteiger partial charge in [-0.05, 0) is 25.5 Å². The summed E-state index contributed by atoms with van der Waals surface area (Å²) >= 11 is 0. The molecular weight excluding hydrogens is 206 g/mol. The van der Waals surface area contributed by atoms with Crippen molar-refractivity contribution in [2.75, 3.05) is 18.5 Å². The molecule has 2 unspecified atom stereocenters. The Balaban J connectivity index is 1.97. The van der Waals surface area contributed by atoms with Gasteiger partial charge in [-0.1, -0.05) is 0 Å². The molecule has 1 aliphatic rings. The van der Waals surface area contributed by atoms with E-state index in [1.54, 1.807) is 6.20 Å². The van der Waals surface area contributed by atoms with Gasteiger partial charge in [0.15, 0.2) is 0 Å². The predicted octanol–water partition coefficient (Wildman–Crippen LogP) is 0.737. The number of ether oxygens (including phenoxy) is 1. The zero-order valence-corrected chi connectivity index (χ0v) is 9.60. The van der Waals surface area contributed by atoms with Crippen LogP contribution in [-0.2, 0) is 4.74 Å². The first-order chi connectivity index (χ1) is 7.60. The number of rotatable bonds is 3. The molecule has 16 heavy (non-hydrogen) atoms. The minimum Gasteiger partial charge on any atom is -0.385 e. The number of hydrogen-bond acceptors (Lipinski definition) is 5. The molecule has 0 spiro atoms. The van der Waals surface area contributed by atoms with Crippen molar-refractivity contribution in [2.45, 2.75) is 32.0 Å². The highest BCUT2D eigenvalue weighted by molar-refractivity contribution is 5.35. The van der Waals surface area contributed by atoms with Gasteiger partial charge in [0.2, 0.25) is 0 Å². The summed E-state index contributed by atoms with van der Waals surface area (Å²) in [7, 11) is 0. The van der Waals surface area contributed by atoms with E-state index in [9.17, 15) is 5.11 Å². The number of anilines is 1. The third-order valence-corrected chi connectivity index (χ3v) is 3.03.